The molecule has 3 rings (SSSR count). The molecule has 1 heterocycles. The summed E-state index contributed by atoms with van der Waals surface area (Å²) >= 11 is 0. The maximum absolute atomic E-state index is 13.0. The molecule has 0 spiro atoms. The number of benzene rings is 2. The predicted octanol–water partition coefficient (Wildman–Crippen LogP) is 3.86. The molecule has 1 fully saturated rings. The third kappa shape index (κ3) is 5.16. The second-order valence-corrected chi connectivity index (χ2v) is 7.32. The van der Waals surface area contributed by atoms with Gasteiger partial charge >= 0.3 is 0 Å². The first kappa shape index (κ1) is 19.1. The number of carbonyl (C=O) groups excluding carboxylic acids is 2. The van der Waals surface area contributed by atoms with Crippen LogP contribution in [0, 0.1) is 25.6 Å². The van der Waals surface area contributed by atoms with Crippen LogP contribution >= 0.6 is 0 Å². The fraction of sp³-hybridized carbons (Fsp3) is 0.364. The first-order valence-corrected chi connectivity index (χ1v) is 9.32. The maximum Gasteiger partial charge on any atom is 0.227 e. The summed E-state index contributed by atoms with van der Waals surface area (Å²) in [4.78, 5) is 26.8. The molecule has 0 unspecified atom stereocenters. The number of halogens is 1. The molecule has 0 bridgehead atoms. The Kier molecular flexibility index (Phi) is 5.89. The van der Waals surface area contributed by atoms with Gasteiger partial charge in [-0.25, -0.2) is 4.39 Å². The van der Waals surface area contributed by atoms with Gasteiger partial charge in [-0.3, -0.25) is 9.59 Å². The standard InChI is InChI=1S/C22H25FN2O2/c1-15-11-16(2)13-20(12-15)24-22(27)18-7-9-25(10-8-18)21(26)14-17-3-5-19(23)6-4-17/h3-6,11-13,18H,7-10,14H2,1-2H3,(H,24,27). The molecule has 1 saturated heterocycles. The Hall–Kier alpha value is -2.69. The van der Waals surface area contributed by atoms with Crippen molar-refractivity contribution < 1.29 is 14.0 Å². The summed E-state index contributed by atoms with van der Waals surface area (Å²) < 4.78 is 13.0. The largest absolute Gasteiger partial charge is 0.342 e. The molecular formula is C22H25FN2O2. The Balaban J connectivity index is 1.51. The summed E-state index contributed by atoms with van der Waals surface area (Å²) in [7, 11) is 0. The molecule has 1 aliphatic heterocycles. The Bertz CT molecular complexity index is 804. The molecule has 2 aromatic rings. The van der Waals surface area contributed by atoms with Gasteiger partial charge < -0.3 is 10.2 Å². The highest BCUT2D eigenvalue weighted by atomic mass is 19.1. The second-order valence-electron chi connectivity index (χ2n) is 7.32. The minimum Gasteiger partial charge on any atom is -0.342 e. The van der Waals surface area contributed by atoms with Gasteiger partial charge in [0.2, 0.25) is 11.8 Å². The highest BCUT2D eigenvalue weighted by Crippen LogP contribution is 2.21. The SMILES string of the molecule is Cc1cc(C)cc(NC(=O)C2CCN(C(=O)Cc3ccc(F)cc3)CC2)c1. The van der Waals surface area contributed by atoms with E-state index in [0.717, 1.165) is 22.4 Å². The van der Waals surface area contributed by atoms with Gasteiger partial charge in [-0.05, 0) is 67.6 Å². The van der Waals surface area contributed by atoms with Crippen LogP contribution in [0.2, 0.25) is 0 Å². The lowest BCUT2D eigenvalue weighted by Gasteiger charge is -2.31. The van der Waals surface area contributed by atoms with Crippen LogP contribution in [0.25, 0.3) is 0 Å². The van der Waals surface area contributed by atoms with Crippen LogP contribution in [0.15, 0.2) is 42.5 Å². The van der Waals surface area contributed by atoms with E-state index in [1.807, 2.05) is 26.0 Å². The Morgan fingerprint density at radius 2 is 1.63 bits per heavy atom. The number of nitrogens with one attached hydrogen (secondary N) is 1. The molecule has 5 heteroatoms. The van der Waals surface area contributed by atoms with Gasteiger partial charge in [0, 0.05) is 24.7 Å². The summed E-state index contributed by atoms with van der Waals surface area (Å²) in [6.45, 7) is 5.16. The number of piperidine rings is 1. The topological polar surface area (TPSA) is 49.4 Å². The molecule has 0 atom stereocenters. The molecule has 2 amide bonds. The number of likely N-dealkylation sites (tertiary alicyclic amines) is 1. The zero-order chi connectivity index (χ0) is 19.4. The van der Waals surface area contributed by atoms with Crippen molar-refractivity contribution in [1.29, 1.82) is 0 Å². The number of hydrogen-bond donors (Lipinski definition) is 1. The summed E-state index contributed by atoms with van der Waals surface area (Å²) in [6.07, 6.45) is 1.58. The van der Waals surface area contributed by atoms with Crippen molar-refractivity contribution in [3.63, 3.8) is 0 Å². The van der Waals surface area contributed by atoms with E-state index in [2.05, 4.69) is 11.4 Å². The summed E-state index contributed by atoms with van der Waals surface area (Å²) in [5, 5.41) is 3.00. The Morgan fingerprint density at radius 3 is 2.22 bits per heavy atom. The molecule has 4 nitrogen and oxygen atoms in total. The minimum absolute atomic E-state index is 0.0191. The number of hydrogen-bond acceptors (Lipinski definition) is 2. The summed E-state index contributed by atoms with van der Waals surface area (Å²) in [5.41, 5.74) is 3.86. The van der Waals surface area contributed by atoms with Gasteiger partial charge in [0.15, 0.2) is 0 Å². The smallest absolute Gasteiger partial charge is 0.227 e. The Morgan fingerprint density at radius 1 is 1.04 bits per heavy atom. The van der Waals surface area contributed by atoms with Crippen molar-refractivity contribution in [2.75, 3.05) is 18.4 Å². The van der Waals surface area contributed by atoms with E-state index in [-0.39, 0.29) is 30.0 Å². The van der Waals surface area contributed by atoms with E-state index >= 15 is 0 Å². The van der Waals surface area contributed by atoms with E-state index in [1.165, 1.54) is 12.1 Å². The normalized spacial score (nSPS) is 14.9. The molecule has 2 aromatic carbocycles. The molecule has 0 aliphatic carbocycles. The highest BCUT2D eigenvalue weighted by Gasteiger charge is 2.27. The first-order valence-electron chi connectivity index (χ1n) is 9.32. The van der Waals surface area contributed by atoms with Gasteiger partial charge in [-0.1, -0.05) is 18.2 Å². The molecule has 0 radical (unpaired) electrons. The van der Waals surface area contributed by atoms with Gasteiger partial charge in [0.05, 0.1) is 6.42 Å². The van der Waals surface area contributed by atoms with Crippen molar-refractivity contribution >= 4 is 17.5 Å². The van der Waals surface area contributed by atoms with Gasteiger partial charge in [-0.15, -0.1) is 0 Å². The molecule has 0 saturated carbocycles. The summed E-state index contributed by atoms with van der Waals surface area (Å²) in [5.74, 6) is -0.345. The fourth-order valence-electron chi connectivity index (χ4n) is 3.57. The van der Waals surface area contributed by atoms with Crippen LogP contribution in [-0.2, 0) is 16.0 Å². The van der Waals surface area contributed by atoms with E-state index in [4.69, 9.17) is 0 Å². The van der Waals surface area contributed by atoms with Crippen LogP contribution in [0.3, 0.4) is 0 Å². The van der Waals surface area contributed by atoms with Crippen molar-refractivity contribution in [2.24, 2.45) is 5.92 Å². The minimum atomic E-state index is -0.304. The van der Waals surface area contributed by atoms with E-state index in [9.17, 15) is 14.0 Å². The lowest BCUT2D eigenvalue weighted by atomic mass is 9.95. The molecule has 1 N–H and O–H groups in total. The first-order chi connectivity index (χ1) is 12.9. The highest BCUT2D eigenvalue weighted by molar-refractivity contribution is 5.93. The molecule has 27 heavy (non-hydrogen) atoms. The zero-order valence-corrected chi connectivity index (χ0v) is 15.8. The third-order valence-corrected chi connectivity index (χ3v) is 4.98. The van der Waals surface area contributed by atoms with Crippen LogP contribution in [0.4, 0.5) is 10.1 Å². The number of nitrogens with zero attached hydrogens (tertiary/aromatic N) is 1. The quantitative estimate of drug-likeness (QED) is 0.891. The maximum atomic E-state index is 13.0. The van der Waals surface area contributed by atoms with E-state index < -0.39 is 0 Å². The van der Waals surface area contributed by atoms with Crippen LogP contribution in [0.1, 0.15) is 29.5 Å². The van der Waals surface area contributed by atoms with Gasteiger partial charge in [0.1, 0.15) is 5.82 Å². The fourth-order valence-corrected chi connectivity index (χ4v) is 3.57. The van der Waals surface area contributed by atoms with Gasteiger partial charge in [0.25, 0.3) is 0 Å². The number of carbonyl (C=O) groups is 2. The molecule has 0 aromatic heterocycles. The number of aryl methyl sites for hydroxylation is 2. The average Bonchev–Trinajstić information content (AvgIpc) is 2.63. The predicted molar refractivity (Wildman–Crippen MR) is 104 cm³/mol. The molecular weight excluding hydrogens is 343 g/mol. The molecule has 142 valence electrons. The zero-order valence-electron chi connectivity index (χ0n) is 15.8. The third-order valence-electron chi connectivity index (χ3n) is 4.98. The molecule has 1 aliphatic rings. The van der Waals surface area contributed by atoms with Crippen molar-refractivity contribution in [3.05, 3.63) is 65.0 Å². The second kappa shape index (κ2) is 8.33. The van der Waals surface area contributed by atoms with Gasteiger partial charge in [-0.2, -0.15) is 0 Å². The van der Waals surface area contributed by atoms with E-state index in [1.54, 1.807) is 17.0 Å². The monoisotopic (exact) mass is 368 g/mol. The lowest BCUT2D eigenvalue weighted by Crippen LogP contribution is -2.42. The van der Waals surface area contributed by atoms with Crippen LogP contribution in [0.5, 0.6) is 0 Å². The van der Waals surface area contributed by atoms with Crippen molar-refractivity contribution in [2.45, 2.75) is 33.1 Å². The number of rotatable bonds is 4. The van der Waals surface area contributed by atoms with Crippen LogP contribution in [-0.4, -0.2) is 29.8 Å². The average molecular weight is 368 g/mol. The van der Waals surface area contributed by atoms with E-state index in [0.29, 0.717) is 25.9 Å². The number of anilines is 1. The van der Waals surface area contributed by atoms with Crippen molar-refractivity contribution in [1.82, 2.24) is 4.90 Å². The van der Waals surface area contributed by atoms with Crippen LogP contribution < -0.4 is 5.32 Å². The lowest BCUT2D eigenvalue weighted by molar-refractivity contribution is -0.133. The number of amides is 2. The Labute approximate surface area is 159 Å². The summed E-state index contributed by atoms with van der Waals surface area (Å²) in [6, 6.07) is 12.0. The van der Waals surface area contributed by atoms with Crippen molar-refractivity contribution in [3.8, 4) is 0 Å².